The summed E-state index contributed by atoms with van der Waals surface area (Å²) in [4.78, 5) is 27.6. The number of anilines is 1. The van der Waals surface area contributed by atoms with Crippen molar-refractivity contribution in [3.05, 3.63) is 46.7 Å². The molecule has 6 heteroatoms. The van der Waals surface area contributed by atoms with Crippen LogP contribution in [0, 0.1) is 5.41 Å². The fraction of sp³-hybridized carbons (Fsp3) is 0.400. The molecule has 1 aromatic heterocycles. The van der Waals surface area contributed by atoms with Gasteiger partial charge in [-0.15, -0.1) is 11.3 Å². The SMILES string of the molecule is COc1ccc(N(Cc2cccs2)C(=O)CCNC(=O)C(C)(C)C)cc1. The summed E-state index contributed by atoms with van der Waals surface area (Å²) in [6.45, 7) is 6.39. The van der Waals surface area contributed by atoms with E-state index < -0.39 is 5.41 Å². The predicted molar refractivity (Wildman–Crippen MR) is 106 cm³/mol. The Bertz CT molecular complexity index is 719. The number of benzene rings is 1. The van der Waals surface area contributed by atoms with Crippen molar-refractivity contribution >= 4 is 28.8 Å². The van der Waals surface area contributed by atoms with Gasteiger partial charge in [0.05, 0.1) is 13.7 Å². The molecular weight excluding hydrogens is 348 g/mol. The number of thiophene rings is 1. The molecule has 0 aliphatic carbocycles. The molecule has 5 nitrogen and oxygen atoms in total. The van der Waals surface area contributed by atoms with Crippen LogP contribution in [0.2, 0.25) is 0 Å². The summed E-state index contributed by atoms with van der Waals surface area (Å²) >= 11 is 1.61. The van der Waals surface area contributed by atoms with Crippen molar-refractivity contribution in [2.75, 3.05) is 18.6 Å². The quantitative estimate of drug-likeness (QED) is 0.801. The van der Waals surface area contributed by atoms with Gasteiger partial charge in [-0.05, 0) is 35.7 Å². The highest BCUT2D eigenvalue weighted by Gasteiger charge is 2.22. The molecule has 0 aliphatic rings. The normalized spacial score (nSPS) is 11.1. The molecule has 1 aromatic carbocycles. The molecule has 0 aliphatic heterocycles. The van der Waals surface area contributed by atoms with Crippen LogP contribution in [0.15, 0.2) is 41.8 Å². The van der Waals surface area contributed by atoms with Gasteiger partial charge in [-0.25, -0.2) is 0 Å². The number of amides is 2. The standard InChI is InChI=1S/C20H26N2O3S/c1-20(2,3)19(24)21-12-11-18(23)22(14-17-6-5-13-26-17)15-7-9-16(25-4)10-8-15/h5-10,13H,11-12,14H2,1-4H3,(H,21,24). The molecule has 0 spiro atoms. The third-order valence-corrected chi connectivity index (χ3v) is 4.75. The smallest absolute Gasteiger partial charge is 0.229 e. The van der Waals surface area contributed by atoms with E-state index in [1.807, 2.05) is 62.5 Å². The number of carbonyl (C=O) groups excluding carboxylic acids is 2. The van der Waals surface area contributed by atoms with Gasteiger partial charge in [-0.1, -0.05) is 26.8 Å². The largest absolute Gasteiger partial charge is 0.497 e. The van der Waals surface area contributed by atoms with Crippen molar-refractivity contribution in [2.45, 2.75) is 33.7 Å². The molecular formula is C20H26N2O3S. The predicted octanol–water partition coefficient (Wildman–Crippen LogP) is 3.84. The molecule has 26 heavy (non-hydrogen) atoms. The van der Waals surface area contributed by atoms with Crippen molar-refractivity contribution in [1.82, 2.24) is 5.32 Å². The first-order chi connectivity index (χ1) is 12.3. The number of rotatable bonds is 7. The molecule has 1 heterocycles. The second-order valence-electron chi connectivity index (χ2n) is 7.01. The van der Waals surface area contributed by atoms with E-state index in [9.17, 15) is 9.59 Å². The molecule has 0 bridgehead atoms. The Labute approximate surface area is 159 Å². The van der Waals surface area contributed by atoms with Crippen molar-refractivity contribution in [3.8, 4) is 5.75 Å². The maximum absolute atomic E-state index is 12.8. The van der Waals surface area contributed by atoms with Gasteiger partial charge in [0.1, 0.15) is 5.75 Å². The van der Waals surface area contributed by atoms with E-state index in [-0.39, 0.29) is 18.2 Å². The summed E-state index contributed by atoms with van der Waals surface area (Å²) in [5, 5.41) is 4.83. The molecule has 0 unspecified atom stereocenters. The highest BCUT2D eigenvalue weighted by Crippen LogP contribution is 2.23. The summed E-state index contributed by atoms with van der Waals surface area (Å²) in [7, 11) is 1.61. The number of hydrogen-bond donors (Lipinski definition) is 1. The first-order valence-electron chi connectivity index (χ1n) is 8.56. The number of hydrogen-bond acceptors (Lipinski definition) is 4. The zero-order chi connectivity index (χ0) is 19.2. The topological polar surface area (TPSA) is 58.6 Å². The van der Waals surface area contributed by atoms with E-state index >= 15 is 0 Å². The van der Waals surface area contributed by atoms with Gasteiger partial charge < -0.3 is 15.0 Å². The minimum atomic E-state index is -0.463. The van der Waals surface area contributed by atoms with Crippen molar-refractivity contribution < 1.29 is 14.3 Å². The number of nitrogens with one attached hydrogen (secondary N) is 1. The van der Waals surface area contributed by atoms with Crippen LogP contribution in [0.1, 0.15) is 32.1 Å². The molecule has 1 N–H and O–H groups in total. The maximum atomic E-state index is 12.8. The molecule has 2 rings (SSSR count). The average Bonchev–Trinajstić information content (AvgIpc) is 3.12. The van der Waals surface area contributed by atoms with E-state index in [4.69, 9.17) is 4.74 Å². The first-order valence-corrected chi connectivity index (χ1v) is 9.44. The minimum absolute atomic E-state index is 0.0298. The lowest BCUT2D eigenvalue weighted by atomic mass is 9.96. The second-order valence-corrected chi connectivity index (χ2v) is 8.05. The van der Waals surface area contributed by atoms with Gasteiger partial charge in [0, 0.05) is 28.9 Å². The average molecular weight is 375 g/mol. The highest BCUT2D eigenvalue weighted by molar-refractivity contribution is 7.09. The van der Waals surface area contributed by atoms with Crippen LogP contribution in [0.3, 0.4) is 0 Å². The molecule has 0 atom stereocenters. The van der Waals surface area contributed by atoms with Crippen molar-refractivity contribution in [3.63, 3.8) is 0 Å². The summed E-state index contributed by atoms with van der Waals surface area (Å²) in [5.41, 5.74) is 0.349. The van der Waals surface area contributed by atoms with Gasteiger partial charge in [-0.3, -0.25) is 9.59 Å². The van der Waals surface area contributed by atoms with Gasteiger partial charge in [-0.2, -0.15) is 0 Å². The summed E-state index contributed by atoms with van der Waals surface area (Å²) < 4.78 is 5.19. The Kier molecular flexibility index (Phi) is 6.80. The molecule has 0 saturated heterocycles. The molecule has 0 saturated carbocycles. The van der Waals surface area contributed by atoms with Gasteiger partial charge in [0.15, 0.2) is 0 Å². The van der Waals surface area contributed by atoms with E-state index in [1.165, 1.54) is 0 Å². The lowest BCUT2D eigenvalue weighted by Crippen LogP contribution is -2.38. The monoisotopic (exact) mass is 374 g/mol. The Morgan fingerprint density at radius 1 is 1.15 bits per heavy atom. The van der Waals surface area contributed by atoms with Crippen LogP contribution in [-0.2, 0) is 16.1 Å². The number of ether oxygens (including phenoxy) is 1. The molecule has 0 radical (unpaired) electrons. The van der Waals surface area contributed by atoms with Crippen LogP contribution in [0.25, 0.3) is 0 Å². The molecule has 140 valence electrons. The lowest BCUT2D eigenvalue weighted by Gasteiger charge is -2.23. The fourth-order valence-electron chi connectivity index (χ4n) is 2.33. The van der Waals surface area contributed by atoms with Crippen LogP contribution in [0.4, 0.5) is 5.69 Å². The summed E-state index contributed by atoms with van der Waals surface area (Å²) in [5.74, 6) is 0.659. The van der Waals surface area contributed by atoms with E-state index in [0.29, 0.717) is 13.1 Å². The first kappa shape index (κ1) is 20.0. The van der Waals surface area contributed by atoms with Crippen LogP contribution >= 0.6 is 11.3 Å². The third kappa shape index (κ3) is 5.59. The minimum Gasteiger partial charge on any atom is -0.497 e. The van der Waals surface area contributed by atoms with E-state index in [1.54, 1.807) is 23.3 Å². The number of carbonyl (C=O) groups is 2. The van der Waals surface area contributed by atoms with Crippen LogP contribution in [-0.4, -0.2) is 25.5 Å². The Morgan fingerprint density at radius 2 is 1.85 bits per heavy atom. The maximum Gasteiger partial charge on any atom is 0.229 e. The van der Waals surface area contributed by atoms with Crippen LogP contribution < -0.4 is 15.0 Å². The Morgan fingerprint density at radius 3 is 2.38 bits per heavy atom. The Hall–Kier alpha value is -2.34. The van der Waals surface area contributed by atoms with E-state index in [0.717, 1.165) is 16.3 Å². The summed E-state index contributed by atoms with van der Waals surface area (Å²) in [6, 6.07) is 11.4. The van der Waals surface area contributed by atoms with Crippen molar-refractivity contribution in [1.29, 1.82) is 0 Å². The molecule has 2 amide bonds. The zero-order valence-corrected chi connectivity index (χ0v) is 16.6. The van der Waals surface area contributed by atoms with Crippen molar-refractivity contribution in [2.24, 2.45) is 5.41 Å². The lowest BCUT2D eigenvalue weighted by molar-refractivity contribution is -0.128. The molecule has 0 fully saturated rings. The Balaban J connectivity index is 2.07. The zero-order valence-electron chi connectivity index (χ0n) is 15.7. The van der Waals surface area contributed by atoms with Gasteiger partial charge >= 0.3 is 0 Å². The molecule has 2 aromatic rings. The van der Waals surface area contributed by atoms with E-state index in [2.05, 4.69) is 5.32 Å². The van der Waals surface area contributed by atoms with Gasteiger partial charge in [0.25, 0.3) is 0 Å². The van der Waals surface area contributed by atoms with Gasteiger partial charge in [0.2, 0.25) is 11.8 Å². The second kappa shape index (κ2) is 8.85. The fourth-order valence-corrected chi connectivity index (χ4v) is 3.02. The summed E-state index contributed by atoms with van der Waals surface area (Å²) in [6.07, 6.45) is 0.249. The highest BCUT2D eigenvalue weighted by atomic mass is 32.1. The number of nitrogens with zero attached hydrogens (tertiary/aromatic N) is 1. The number of methoxy groups -OCH3 is 1. The third-order valence-electron chi connectivity index (χ3n) is 3.88. The van der Waals surface area contributed by atoms with Crippen LogP contribution in [0.5, 0.6) is 5.75 Å².